The van der Waals surface area contributed by atoms with Crippen molar-refractivity contribution in [2.45, 2.75) is 5.16 Å². The standard InChI is InChI=1S/C17H16ClN3O2S/c1-22-15-5-7-16(8-6-15)23-9-10-24-17-20-19-12-21(17)14-4-2-3-13(18)11-14/h2-8,11-12H,9-10H2,1H3. The van der Waals surface area contributed by atoms with Crippen molar-refractivity contribution in [3.05, 3.63) is 59.9 Å². The van der Waals surface area contributed by atoms with E-state index in [0.717, 1.165) is 28.1 Å². The number of halogens is 1. The van der Waals surface area contributed by atoms with E-state index >= 15 is 0 Å². The predicted octanol–water partition coefficient (Wildman–Crippen LogP) is 4.10. The first-order valence-electron chi connectivity index (χ1n) is 7.32. The highest BCUT2D eigenvalue weighted by Gasteiger charge is 2.07. The van der Waals surface area contributed by atoms with Crippen molar-refractivity contribution >= 4 is 23.4 Å². The average Bonchev–Trinajstić information content (AvgIpc) is 3.08. The van der Waals surface area contributed by atoms with Gasteiger partial charge in [0.1, 0.15) is 17.8 Å². The van der Waals surface area contributed by atoms with Crippen molar-refractivity contribution in [1.29, 1.82) is 0 Å². The van der Waals surface area contributed by atoms with Gasteiger partial charge in [-0.2, -0.15) is 0 Å². The smallest absolute Gasteiger partial charge is 0.195 e. The van der Waals surface area contributed by atoms with Crippen LogP contribution >= 0.6 is 23.4 Å². The summed E-state index contributed by atoms with van der Waals surface area (Å²) in [6, 6.07) is 15.1. The largest absolute Gasteiger partial charge is 0.497 e. The van der Waals surface area contributed by atoms with Gasteiger partial charge < -0.3 is 9.47 Å². The summed E-state index contributed by atoms with van der Waals surface area (Å²) in [7, 11) is 1.64. The summed E-state index contributed by atoms with van der Waals surface area (Å²) in [6.45, 7) is 0.569. The number of nitrogens with zero attached hydrogens (tertiary/aromatic N) is 3. The second-order valence-corrected chi connectivity index (χ2v) is 6.33. The van der Waals surface area contributed by atoms with E-state index in [0.29, 0.717) is 11.6 Å². The van der Waals surface area contributed by atoms with Crippen molar-refractivity contribution in [3.8, 4) is 17.2 Å². The Labute approximate surface area is 149 Å². The molecule has 0 atom stereocenters. The minimum atomic E-state index is 0.569. The molecule has 3 aromatic rings. The topological polar surface area (TPSA) is 49.2 Å². The van der Waals surface area contributed by atoms with Gasteiger partial charge in [0.25, 0.3) is 0 Å². The third-order valence-corrected chi connectivity index (χ3v) is 4.39. The number of benzene rings is 2. The summed E-state index contributed by atoms with van der Waals surface area (Å²) in [6.07, 6.45) is 1.68. The van der Waals surface area contributed by atoms with Crippen LogP contribution in [0, 0.1) is 0 Å². The van der Waals surface area contributed by atoms with Crippen LogP contribution in [0.1, 0.15) is 0 Å². The van der Waals surface area contributed by atoms with Crippen molar-refractivity contribution in [3.63, 3.8) is 0 Å². The Hall–Kier alpha value is -2.18. The van der Waals surface area contributed by atoms with Gasteiger partial charge in [0.05, 0.1) is 19.4 Å². The minimum absolute atomic E-state index is 0.569. The number of hydrogen-bond acceptors (Lipinski definition) is 5. The maximum atomic E-state index is 6.04. The summed E-state index contributed by atoms with van der Waals surface area (Å²) in [5.41, 5.74) is 0.936. The summed E-state index contributed by atoms with van der Waals surface area (Å²) in [5, 5.41) is 9.61. The molecular formula is C17H16ClN3O2S. The van der Waals surface area contributed by atoms with E-state index in [4.69, 9.17) is 21.1 Å². The molecule has 0 N–H and O–H groups in total. The van der Waals surface area contributed by atoms with E-state index in [-0.39, 0.29) is 0 Å². The van der Waals surface area contributed by atoms with Gasteiger partial charge in [0, 0.05) is 10.8 Å². The summed E-state index contributed by atoms with van der Waals surface area (Å²) < 4.78 is 12.7. The van der Waals surface area contributed by atoms with E-state index < -0.39 is 0 Å². The number of methoxy groups -OCH3 is 1. The Bertz CT molecular complexity index is 793. The molecule has 1 heterocycles. The molecule has 3 rings (SSSR count). The highest BCUT2D eigenvalue weighted by molar-refractivity contribution is 7.99. The third-order valence-electron chi connectivity index (χ3n) is 3.25. The van der Waals surface area contributed by atoms with Crippen LogP contribution in [0.5, 0.6) is 11.5 Å². The fraction of sp³-hybridized carbons (Fsp3) is 0.176. The molecule has 0 fully saturated rings. The molecule has 0 spiro atoms. The van der Waals surface area contributed by atoms with Crippen molar-refractivity contribution in [1.82, 2.24) is 14.8 Å². The maximum absolute atomic E-state index is 6.04. The monoisotopic (exact) mass is 361 g/mol. The third kappa shape index (κ3) is 4.21. The van der Waals surface area contributed by atoms with E-state index in [1.807, 2.05) is 53.1 Å². The van der Waals surface area contributed by atoms with Crippen molar-refractivity contribution in [2.75, 3.05) is 19.5 Å². The van der Waals surface area contributed by atoms with Crippen LogP contribution in [0.4, 0.5) is 0 Å². The summed E-state index contributed by atoms with van der Waals surface area (Å²) >= 11 is 7.62. The van der Waals surface area contributed by atoms with Gasteiger partial charge in [0.15, 0.2) is 5.16 Å². The number of aromatic nitrogens is 3. The summed E-state index contributed by atoms with van der Waals surface area (Å²) in [5.74, 6) is 2.38. The molecule has 0 saturated heterocycles. The van der Waals surface area contributed by atoms with Crippen LogP contribution in [0.3, 0.4) is 0 Å². The molecule has 0 saturated carbocycles. The molecule has 1 aromatic heterocycles. The molecule has 0 aliphatic heterocycles. The molecule has 0 bridgehead atoms. The first kappa shape index (κ1) is 16.7. The molecule has 0 aliphatic carbocycles. The molecule has 2 aromatic carbocycles. The minimum Gasteiger partial charge on any atom is -0.497 e. The van der Waals surface area contributed by atoms with Gasteiger partial charge in [-0.1, -0.05) is 29.4 Å². The Balaban J connectivity index is 1.55. The Morgan fingerprint density at radius 1 is 1.12 bits per heavy atom. The highest BCUT2D eigenvalue weighted by atomic mass is 35.5. The number of hydrogen-bond donors (Lipinski definition) is 0. The van der Waals surface area contributed by atoms with Crippen molar-refractivity contribution < 1.29 is 9.47 Å². The Morgan fingerprint density at radius 3 is 2.67 bits per heavy atom. The number of rotatable bonds is 7. The lowest BCUT2D eigenvalue weighted by molar-refractivity contribution is 0.342. The van der Waals surface area contributed by atoms with Crippen LogP contribution in [0.25, 0.3) is 5.69 Å². The molecular weight excluding hydrogens is 346 g/mol. The zero-order chi connectivity index (χ0) is 16.8. The first-order valence-corrected chi connectivity index (χ1v) is 8.68. The van der Waals surface area contributed by atoms with Gasteiger partial charge in [-0.15, -0.1) is 10.2 Å². The van der Waals surface area contributed by atoms with Crippen LogP contribution in [-0.2, 0) is 0 Å². The van der Waals surface area contributed by atoms with Gasteiger partial charge in [-0.3, -0.25) is 4.57 Å². The fourth-order valence-corrected chi connectivity index (χ4v) is 3.02. The molecule has 124 valence electrons. The van der Waals surface area contributed by atoms with Crippen LogP contribution in [0.2, 0.25) is 5.02 Å². The van der Waals surface area contributed by atoms with Crippen LogP contribution in [-0.4, -0.2) is 34.2 Å². The van der Waals surface area contributed by atoms with E-state index in [9.17, 15) is 0 Å². The highest BCUT2D eigenvalue weighted by Crippen LogP contribution is 2.22. The molecule has 7 heteroatoms. The lowest BCUT2D eigenvalue weighted by Gasteiger charge is -2.08. The SMILES string of the molecule is COc1ccc(OCCSc2nncn2-c2cccc(Cl)c2)cc1. The maximum Gasteiger partial charge on any atom is 0.195 e. The first-order chi connectivity index (χ1) is 11.8. The van der Waals surface area contributed by atoms with E-state index in [1.165, 1.54) is 0 Å². The predicted molar refractivity (Wildman–Crippen MR) is 95.6 cm³/mol. The van der Waals surface area contributed by atoms with Crippen LogP contribution < -0.4 is 9.47 Å². The second kappa shape index (κ2) is 8.08. The van der Waals surface area contributed by atoms with Gasteiger partial charge in [0.2, 0.25) is 0 Å². The quantitative estimate of drug-likeness (QED) is 0.468. The van der Waals surface area contributed by atoms with Gasteiger partial charge in [-0.05, 0) is 42.5 Å². The van der Waals surface area contributed by atoms with Crippen molar-refractivity contribution in [2.24, 2.45) is 0 Å². The van der Waals surface area contributed by atoms with Gasteiger partial charge in [-0.25, -0.2) is 0 Å². The fourth-order valence-electron chi connectivity index (χ4n) is 2.09. The summed E-state index contributed by atoms with van der Waals surface area (Å²) in [4.78, 5) is 0. The zero-order valence-electron chi connectivity index (χ0n) is 13.1. The normalized spacial score (nSPS) is 10.6. The molecule has 24 heavy (non-hydrogen) atoms. The molecule has 5 nitrogen and oxygen atoms in total. The molecule has 0 aliphatic rings. The van der Waals surface area contributed by atoms with Gasteiger partial charge >= 0.3 is 0 Å². The number of ether oxygens (including phenoxy) is 2. The molecule has 0 radical (unpaired) electrons. The molecule has 0 unspecified atom stereocenters. The lowest BCUT2D eigenvalue weighted by atomic mass is 10.3. The molecule has 0 amide bonds. The zero-order valence-corrected chi connectivity index (χ0v) is 14.6. The van der Waals surface area contributed by atoms with E-state index in [1.54, 1.807) is 25.2 Å². The second-order valence-electron chi connectivity index (χ2n) is 4.84. The number of thioether (sulfide) groups is 1. The lowest BCUT2D eigenvalue weighted by Crippen LogP contribution is -2.02. The Morgan fingerprint density at radius 2 is 1.92 bits per heavy atom. The average molecular weight is 362 g/mol. The van der Waals surface area contributed by atoms with E-state index in [2.05, 4.69) is 10.2 Å². The Kier molecular flexibility index (Phi) is 5.61. The van der Waals surface area contributed by atoms with Crippen LogP contribution in [0.15, 0.2) is 60.0 Å².